The van der Waals surface area contributed by atoms with E-state index in [1.165, 1.54) is 9.80 Å². The third kappa shape index (κ3) is 6.74. The Morgan fingerprint density at radius 2 is 1.25 bits per heavy atom. The van der Waals surface area contributed by atoms with Gasteiger partial charge in [0.25, 0.3) is 0 Å². The summed E-state index contributed by atoms with van der Waals surface area (Å²) in [6.45, 7) is 11.5. The van der Waals surface area contributed by atoms with E-state index in [0.717, 1.165) is 0 Å². The number of hydrogen-bond donors (Lipinski definition) is 4. The van der Waals surface area contributed by atoms with E-state index in [0.29, 0.717) is 38.8 Å². The number of carboxylic acid groups (broad SMARTS) is 1. The van der Waals surface area contributed by atoms with E-state index < -0.39 is 48.0 Å². The SMILES string of the molecule is CC(C)[C@H](N)C(=O)N[C@H](C(=O)N[C@H](C(=O)N1CCC[C@H]1C(=O)N1CCC[C@H]1C(=O)O)C(C)C)C(C)C. The van der Waals surface area contributed by atoms with Crippen molar-refractivity contribution in [2.24, 2.45) is 23.5 Å². The highest BCUT2D eigenvalue weighted by Gasteiger charge is 2.44. The number of aliphatic carboxylic acids is 1. The average Bonchev–Trinajstić information content (AvgIpc) is 3.48. The van der Waals surface area contributed by atoms with Gasteiger partial charge < -0.3 is 31.3 Å². The number of likely N-dealkylation sites (tertiary alicyclic amines) is 2. The standard InChI is InChI=1S/C25H43N5O6/c1-13(2)18(26)21(31)27-19(14(3)4)22(32)28-20(15(5)6)24(34)29-11-7-9-16(29)23(33)30-12-8-10-17(30)25(35)36/h13-20H,7-12,26H2,1-6H3,(H,27,31)(H,28,32)(H,35,36)/t16-,17-,18-,19-,20-/m0/s1. The Labute approximate surface area is 213 Å². The highest BCUT2D eigenvalue weighted by atomic mass is 16.4. The number of nitrogens with one attached hydrogen (secondary N) is 2. The molecule has 11 heteroatoms. The molecule has 2 aliphatic heterocycles. The van der Waals surface area contributed by atoms with Gasteiger partial charge in [0.15, 0.2) is 0 Å². The Kier molecular flexibility index (Phi) is 10.3. The normalized spacial score (nSPS) is 22.6. The zero-order chi connectivity index (χ0) is 27.3. The van der Waals surface area contributed by atoms with Gasteiger partial charge in [0.2, 0.25) is 23.6 Å². The van der Waals surface area contributed by atoms with Gasteiger partial charge in [0.05, 0.1) is 6.04 Å². The summed E-state index contributed by atoms with van der Waals surface area (Å²) >= 11 is 0. The third-order valence-corrected chi connectivity index (χ3v) is 7.14. The number of nitrogens with two attached hydrogens (primary N) is 1. The van der Waals surface area contributed by atoms with Gasteiger partial charge in [-0.05, 0) is 43.4 Å². The Hall–Kier alpha value is -2.69. The smallest absolute Gasteiger partial charge is 0.326 e. The molecule has 4 amide bonds. The Bertz CT molecular complexity index is 845. The van der Waals surface area contributed by atoms with Crippen LogP contribution in [0.5, 0.6) is 0 Å². The van der Waals surface area contributed by atoms with E-state index >= 15 is 0 Å². The fourth-order valence-corrected chi connectivity index (χ4v) is 4.79. The van der Waals surface area contributed by atoms with Crippen LogP contribution in [0.15, 0.2) is 0 Å². The fraction of sp³-hybridized carbons (Fsp3) is 0.800. The van der Waals surface area contributed by atoms with Crippen molar-refractivity contribution in [3.63, 3.8) is 0 Å². The third-order valence-electron chi connectivity index (χ3n) is 7.14. The number of carbonyl (C=O) groups excluding carboxylic acids is 4. The summed E-state index contributed by atoms with van der Waals surface area (Å²) in [4.78, 5) is 67.0. The Morgan fingerprint density at radius 1 is 0.750 bits per heavy atom. The predicted molar refractivity (Wildman–Crippen MR) is 133 cm³/mol. The van der Waals surface area contributed by atoms with Crippen LogP contribution in [-0.4, -0.2) is 87.8 Å². The number of carboxylic acids is 1. The lowest BCUT2D eigenvalue weighted by Gasteiger charge is -2.34. The van der Waals surface area contributed by atoms with Crippen molar-refractivity contribution in [3.05, 3.63) is 0 Å². The van der Waals surface area contributed by atoms with Crippen LogP contribution in [0.4, 0.5) is 0 Å². The van der Waals surface area contributed by atoms with Gasteiger partial charge in [-0.1, -0.05) is 41.5 Å². The first-order valence-corrected chi connectivity index (χ1v) is 13.0. The summed E-state index contributed by atoms with van der Waals surface area (Å²) in [7, 11) is 0. The van der Waals surface area contributed by atoms with Gasteiger partial charge >= 0.3 is 5.97 Å². The largest absolute Gasteiger partial charge is 0.480 e. The van der Waals surface area contributed by atoms with Gasteiger partial charge in [0.1, 0.15) is 24.2 Å². The van der Waals surface area contributed by atoms with E-state index in [-0.39, 0.29) is 29.6 Å². The molecule has 36 heavy (non-hydrogen) atoms. The van der Waals surface area contributed by atoms with E-state index in [4.69, 9.17) is 5.73 Å². The molecule has 0 saturated carbocycles. The second kappa shape index (κ2) is 12.5. The lowest BCUT2D eigenvalue weighted by Crippen LogP contribution is -2.60. The maximum atomic E-state index is 13.6. The molecule has 0 aliphatic carbocycles. The van der Waals surface area contributed by atoms with Crippen molar-refractivity contribution in [2.45, 2.75) is 97.4 Å². The molecule has 0 radical (unpaired) electrons. The van der Waals surface area contributed by atoms with E-state index in [1.54, 1.807) is 27.7 Å². The molecule has 2 heterocycles. The molecule has 0 aromatic carbocycles. The maximum Gasteiger partial charge on any atom is 0.326 e. The zero-order valence-corrected chi connectivity index (χ0v) is 22.3. The predicted octanol–water partition coefficient (Wildman–Crippen LogP) is 0.318. The topological polar surface area (TPSA) is 162 Å². The van der Waals surface area contributed by atoms with E-state index in [9.17, 15) is 29.1 Å². The molecule has 5 atom stereocenters. The van der Waals surface area contributed by atoms with Gasteiger partial charge in [-0.25, -0.2) is 4.79 Å². The van der Waals surface area contributed by atoms with Crippen LogP contribution >= 0.6 is 0 Å². The minimum atomic E-state index is -1.04. The number of carbonyl (C=O) groups is 5. The molecular weight excluding hydrogens is 466 g/mol. The van der Waals surface area contributed by atoms with Gasteiger partial charge in [-0.2, -0.15) is 0 Å². The molecule has 2 fully saturated rings. The first-order chi connectivity index (χ1) is 16.8. The monoisotopic (exact) mass is 509 g/mol. The molecule has 0 bridgehead atoms. The highest BCUT2D eigenvalue weighted by molar-refractivity contribution is 5.96. The summed E-state index contributed by atoms with van der Waals surface area (Å²) in [6, 6.07) is -4.17. The minimum absolute atomic E-state index is 0.105. The van der Waals surface area contributed by atoms with Crippen molar-refractivity contribution < 1.29 is 29.1 Å². The summed E-state index contributed by atoms with van der Waals surface area (Å²) in [5.74, 6) is -3.33. The van der Waals surface area contributed by atoms with Crippen LogP contribution in [-0.2, 0) is 24.0 Å². The van der Waals surface area contributed by atoms with Crippen LogP contribution in [0, 0.1) is 17.8 Å². The van der Waals surface area contributed by atoms with Crippen LogP contribution in [0.2, 0.25) is 0 Å². The van der Waals surface area contributed by atoms with E-state index in [2.05, 4.69) is 10.6 Å². The second-order valence-corrected chi connectivity index (χ2v) is 10.9. The molecule has 11 nitrogen and oxygen atoms in total. The Balaban J connectivity index is 2.17. The number of nitrogens with zero attached hydrogens (tertiary/aromatic N) is 2. The summed E-state index contributed by atoms with van der Waals surface area (Å²) in [5, 5.41) is 15.0. The van der Waals surface area contributed by atoms with Crippen molar-refractivity contribution in [1.82, 2.24) is 20.4 Å². The van der Waals surface area contributed by atoms with Crippen LogP contribution in [0.1, 0.15) is 67.2 Å². The number of rotatable bonds is 10. The second-order valence-electron chi connectivity index (χ2n) is 10.9. The molecule has 2 aliphatic rings. The molecule has 0 spiro atoms. The van der Waals surface area contributed by atoms with Crippen molar-refractivity contribution in [3.8, 4) is 0 Å². The first kappa shape index (κ1) is 29.5. The average molecular weight is 510 g/mol. The van der Waals surface area contributed by atoms with Gasteiger partial charge in [-0.3, -0.25) is 19.2 Å². The first-order valence-electron chi connectivity index (χ1n) is 13.0. The quantitative estimate of drug-likeness (QED) is 0.329. The molecular formula is C25H43N5O6. The molecule has 0 unspecified atom stereocenters. The molecule has 5 N–H and O–H groups in total. The Morgan fingerprint density at radius 3 is 1.75 bits per heavy atom. The van der Waals surface area contributed by atoms with Crippen molar-refractivity contribution >= 4 is 29.6 Å². The minimum Gasteiger partial charge on any atom is -0.480 e. The number of amides is 4. The summed E-state index contributed by atoms with van der Waals surface area (Å²) in [5.41, 5.74) is 5.94. The molecule has 204 valence electrons. The molecule has 0 aromatic heterocycles. The fourth-order valence-electron chi connectivity index (χ4n) is 4.79. The molecule has 2 saturated heterocycles. The van der Waals surface area contributed by atoms with Gasteiger partial charge in [-0.15, -0.1) is 0 Å². The molecule has 0 aromatic rings. The summed E-state index contributed by atoms with van der Waals surface area (Å²) in [6.07, 6.45) is 2.07. The lowest BCUT2D eigenvalue weighted by molar-refractivity contribution is -0.152. The molecule has 2 rings (SSSR count). The van der Waals surface area contributed by atoms with Crippen LogP contribution in [0.3, 0.4) is 0 Å². The van der Waals surface area contributed by atoms with E-state index in [1.807, 2.05) is 13.8 Å². The van der Waals surface area contributed by atoms with Crippen molar-refractivity contribution in [2.75, 3.05) is 13.1 Å². The maximum absolute atomic E-state index is 13.6. The lowest BCUT2D eigenvalue weighted by atomic mass is 9.98. The zero-order valence-electron chi connectivity index (χ0n) is 22.3. The van der Waals surface area contributed by atoms with Crippen molar-refractivity contribution in [1.29, 1.82) is 0 Å². The van der Waals surface area contributed by atoms with Crippen LogP contribution in [0.25, 0.3) is 0 Å². The number of hydrogen-bond acceptors (Lipinski definition) is 6. The highest BCUT2D eigenvalue weighted by Crippen LogP contribution is 2.26. The summed E-state index contributed by atoms with van der Waals surface area (Å²) < 4.78 is 0. The van der Waals surface area contributed by atoms with Gasteiger partial charge in [0, 0.05) is 13.1 Å². The van der Waals surface area contributed by atoms with Crippen LogP contribution < -0.4 is 16.4 Å².